The Labute approximate surface area is 123 Å². The Balaban J connectivity index is 1.93. The fourth-order valence-electron chi connectivity index (χ4n) is 3.53. The van der Waals surface area contributed by atoms with Crippen molar-refractivity contribution in [3.63, 3.8) is 0 Å². The van der Waals surface area contributed by atoms with Crippen LogP contribution in [0.25, 0.3) is 0 Å². The number of aryl methyl sites for hydroxylation is 1. The maximum atomic E-state index is 4.66. The summed E-state index contributed by atoms with van der Waals surface area (Å²) in [6.07, 6.45) is 8.65. The average molecular weight is 324 g/mol. The van der Waals surface area contributed by atoms with Gasteiger partial charge in [-0.15, -0.1) is 0 Å². The van der Waals surface area contributed by atoms with Gasteiger partial charge in [0, 0.05) is 30.3 Å². The van der Waals surface area contributed by atoms with Gasteiger partial charge in [0.15, 0.2) is 0 Å². The van der Waals surface area contributed by atoms with E-state index in [2.05, 4.69) is 44.1 Å². The highest BCUT2D eigenvalue weighted by atomic mass is 79.9. The zero-order valence-corrected chi connectivity index (χ0v) is 13.2. The topological polar surface area (TPSA) is 28.2 Å². The van der Waals surface area contributed by atoms with Crippen LogP contribution in [0.5, 0.6) is 0 Å². The van der Waals surface area contributed by atoms with Crippen LogP contribution in [-0.2, 0) is 0 Å². The molecule has 0 radical (unpaired) electrons. The lowest BCUT2D eigenvalue weighted by atomic mass is 9.79. The van der Waals surface area contributed by atoms with Crippen LogP contribution in [-0.4, -0.2) is 30.2 Å². The molecule has 19 heavy (non-hydrogen) atoms. The number of piperazine rings is 1. The van der Waals surface area contributed by atoms with Crippen LogP contribution < -0.4 is 10.2 Å². The fraction of sp³-hybridized carbons (Fsp3) is 0.667. The summed E-state index contributed by atoms with van der Waals surface area (Å²) in [6.45, 7) is 5.40. The Bertz CT molecular complexity index is 446. The molecule has 3 nitrogen and oxygen atoms in total. The molecule has 1 spiro atoms. The van der Waals surface area contributed by atoms with E-state index in [0.29, 0.717) is 5.54 Å². The van der Waals surface area contributed by atoms with Gasteiger partial charge in [0.25, 0.3) is 0 Å². The molecular weight excluding hydrogens is 302 g/mol. The second kappa shape index (κ2) is 5.41. The van der Waals surface area contributed by atoms with Crippen molar-refractivity contribution in [1.82, 2.24) is 10.3 Å². The van der Waals surface area contributed by atoms with Crippen LogP contribution in [0, 0.1) is 6.92 Å². The maximum Gasteiger partial charge on any atom is 0.129 e. The maximum absolute atomic E-state index is 4.66. The molecule has 0 unspecified atom stereocenters. The van der Waals surface area contributed by atoms with Crippen LogP contribution in [0.3, 0.4) is 0 Å². The van der Waals surface area contributed by atoms with E-state index in [1.165, 1.54) is 37.7 Å². The van der Waals surface area contributed by atoms with E-state index in [1.807, 2.05) is 6.20 Å². The minimum absolute atomic E-state index is 0.309. The summed E-state index contributed by atoms with van der Waals surface area (Å²) in [4.78, 5) is 7.24. The van der Waals surface area contributed by atoms with Crippen molar-refractivity contribution < 1.29 is 0 Å². The van der Waals surface area contributed by atoms with Crippen molar-refractivity contribution >= 4 is 21.7 Å². The first kappa shape index (κ1) is 13.4. The smallest absolute Gasteiger partial charge is 0.129 e. The summed E-state index contributed by atoms with van der Waals surface area (Å²) in [7, 11) is 0. The van der Waals surface area contributed by atoms with Gasteiger partial charge < -0.3 is 10.2 Å². The second-order valence-electron chi connectivity index (χ2n) is 5.91. The van der Waals surface area contributed by atoms with Gasteiger partial charge in [-0.2, -0.15) is 0 Å². The van der Waals surface area contributed by atoms with Crippen molar-refractivity contribution in [2.24, 2.45) is 0 Å². The summed E-state index contributed by atoms with van der Waals surface area (Å²) in [5, 5.41) is 3.59. The predicted molar refractivity (Wildman–Crippen MR) is 82.7 cm³/mol. The fourth-order valence-corrected chi connectivity index (χ4v) is 3.75. The first-order valence-corrected chi connectivity index (χ1v) is 8.11. The largest absolute Gasteiger partial charge is 0.348 e. The normalized spacial score (nSPS) is 22.7. The van der Waals surface area contributed by atoms with Crippen molar-refractivity contribution in [1.29, 1.82) is 0 Å². The molecule has 0 bridgehead atoms. The van der Waals surface area contributed by atoms with Gasteiger partial charge in [0.2, 0.25) is 0 Å². The zero-order chi connectivity index (χ0) is 13.3. The molecule has 4 heteroatoms. The molecule has 1 aliphatic heterocycles. The summed E-state index contributed by atoms with van der Waals surface area (Å²) < 4.78 is 1.10. The summed E-state index contributed by atoms with van der Waals surface area (Å²) >= 11 is 3.55. The SMILES string of the molecule is Cc1cc(N2CCNCC23CCCCC3)ncc1Br. The molecule has 2 fully saturated rings. The third-order valence-corrected chi connectivity index (χ3v) is 5.46. The monoisotopic (exact) mass is 323 g/mol. The molecule has 3 rings (SSSR count). The number of pyridine rings is 1. The molecular formula is C15H22BrN3. The molecule has 0 aromatic carbocycles. The molecule has 0 atom stereocenters. The predicted octanol–water partition coefficient (Wildman–Crippen LogP) is 3.27. The summed E-state index contributed by atoms with van der Waals surface area (Å²) in [5.74, 6) is 1.16. The standard InChI is InChI=1S/C15H22BrN3/c1-12-9-14(18-10-13(12)16)19-8-7-17-11-15(19)5-3-2-4-6-15/h9-10,17H,2-8,11H2,1H3. The molecule has 1 aromatic rings. The number of hydrogen-bond acceptors (Lipinski definition) is 3. The number of halogens is 1. The van der Waals surface area contributed by atoms with E-state index in [-0.39, 0.29) is 0 Å². The van der Waals surface area contributed by atoms with Gasteiger partial charge in [-0.3, -0.25) is 0 Å². The highest BCUT2D eigenvalue weighted by Gasteiger charge is 2.40. The van der Waals surface area contributed by atoms with E-state index in [4.69, 9.17) is 0 Å². The minimum Gasteiger partial charge on any atom is -0.348 e. The highest BCUT2D eigenvalue weighted by Crippen LogP contribution is 2.37. The van der Waals surface area contributed by atoms with E-state index in [9.17, 15) is 0 Å². The Kier molecular flexibility index (Phi) is 3.81. The van der Waals surface area contributed by atoms with Crippen molar-refractivity contribution in [3.8, 4) is 0 Å². The van der Waals surface area contributed by atoms with Gasteiger partial charge >= 0.3 is 0 Å². The van der Waals surface area contributed by atoms with Crippen molar-refractivity contribution in [3.05, 3.63) is 22.3 Å². The van der Waals surface area contributed by atoms with E-state index < -0.39 is 0 Å². The van der Waals surface area contributed by atoms with Gasteiger partial charge in [0.05, 0.1) is 5.54 Å². The Morgan fingerprint density at radius 1 is 1.32 bits per heavy atom. The minimum atomic E-state index is 0.309. The third kappa shape index (κ3) is 2.52. The first-order valence-electron chi connectivity index (χ1n) is 7.32. The highest BCUT2D eigenvalue weighted by molar-refractivity contribution is 9.10. The number of rotatable bonds is 1. The number of anilines is 1. The van der Waals surface area contributed by atoms with Crippen LogP contribution in [0.4, 0.5) is 5.82 Å². The molecule has 0 amide bonds. The Morgan fingerprint density at radius 2 is 2.11 bits per heavy atom. The number of hydrogen-bond donors (Lipinski definition) is 1. The van der Waals surface area contributed by atoms with Gasteiger partial charge in [0.1, 0.15) is 5.82 Å². The van der Waals surface area contributed by atoms with Gasteiger partial charge in [-0.1, -0.05) is 19.3 Å². The molecule has 1 saturated heterocycles. The Morgan fingerprint density at radius 3 is 2.84 bits per heavy atom. The van der Waals surface area contributed by atoms with Crippen LogP contribution in [0.15, 0.2) is 16.7 Å². The van der Waals surface area contributed by atoms with Gasteiger partial charge in [-0.05, 0) is 47.3 Å². The summed E-state index contributed by atoms with van der Waals surface area (Å²) in [5.41, 5.74) is 1.58. The lowest BCUT2D eigenvalue weighted by molar-refractivity contribution is 0.239. The summed E-state index contributed by atoms with van der Waals surface area (Å²) in [6, 6.07) is 2.23. The third-order valence-electron chi connectivity index (χ3n) is 4.63. The second-order valence-corrected chi connectivity index (χ2v) is 6.76. The van der Waals surface area contributed by atoms with E-state index in [1.54, 1.807) is 0 Å². The average Bonchev–Trinajstić information content (AvgIpc) is 2.44. The zero-order valence-electron chi connectivity index (χ0n) is 11.6. The molecule has 1 aromatic heterocycles. The molecule has 104 valence electrons. The lowest BCUT2D eigenvalue weighted by Gasteiger charge is -2.50. The van der Waals surface area contributed by atoms with Crippen LogP contribution in [0.1, 0.15) is 37.7 Å². The lowest BCUT2D eigenvalue weighted by Crippen LogP contribution is -2.62. The first-order chi connectivity index (χ1) is 9.21. The number of nitrogens with one attached hydrogen (secondary N) is 1. The quantitative estimate of drug-likeness (QED) is 0.859. The van der Waals surface area contributed by atoms with Crippen LogP contribution in [0.2, 0.25) is 0 Å². The van der Waals surface area contributed by atoms with E-state index in [0.717, 1.165) is 29.9 Å². The molecule has 2 aliphatic rings. The van der Waals surface area contributed by atoms with Crippen molar-refractivity contribution in [2.45, 2.75) is 44.6 Å². The van der Waals surface area contributed by atoms with Crippen molar-refractivity contribution in [2.75, 3.05) is 24.5 Å². The molecule has 1 N–H and O–H groups in total. The number of nitrogens with zero attached hydrogens (tertiary/aromatic N) is 2. The molecule has 2 heterocycles. The Hall–Kier alpha value is -0.610. The molecule has 1 aliphatic carbocycles. The van der Waals surface area contributed by atoms with E-state index >= 15 is 0 Å². The molecule has 1 saturated carbocycles. The van der Waals surface area contributed by atoms with Gasteiger partial charge in [-0.25, -0.2) is 4.98 Å². The van der Waals surface area contributed by atoms with Crippen LogP contribution >= 0.6 is 15.9 Å². The number of aromatic nitrogens is 1.